The maximum atomic E-state index is 12.1. The highest BCUT2D eigenvalue weighted by Gasteiger charge is 2.17. The van der Waals surface area contributed by atoms with Crippen LogP contribution in [0.25, 0.3) is 0 Å². The molecule has 15 heteroatoms. The first-order chi connectivity index (χ1) is 26.5. The quantitative estimate of drug-likeness (QED) is 0.140. The van der Waals surface area contributed by atoms with E-state index in [-0.39, 0.29) is 19.1 Å². The van der Waals surface area contributed by atoms with E-state index in [4.69, 9.17) is 14.2 Å². The third kappa shape index (κ3) is 12.4. The molecule has 0 aliphatic carbocycles. The van der Waals surface area contributed by atoms with Gasteiger partial charge in [-0.05, 0) is 97.1 Å². The minimum atomic E-state index is -0.397. The Hall–Kier alpha value is -5.38. The summed E-state index contributed by atoms with van der Waals surface area (Å²) in [7, 11) is 1.34. The van der Waals surface area contributed by atoms with Crippen LogP contribution in [-0.2, 0) is 19.1 Å². The molecule has 0 saturated carbocycles. The normalized spacial score (nSPS) is 14.6. The smallest absolute Gasteiger partial charge is 0.343 e. The van der Waals surface area contributed by atoms with Crippen molar-refractivity contribution in [3.63, 3.8) is 0 Å². The summed E-state index contributed by atoms with van der Waals surface area (Å²) in [4.78, 5) is 38.1. The molecule has 1 fully saturated rings. The van der Waals surface area contributed by atoms with Crippen molar-refractivity contribution in [1.29, 1.82) is 0 Å². The monoisotopic (exact) mass is 769 g/mol. The fourth-order valence-electron chi connectivity index (χ4n) is 5.18. The van der Waals surface area contributed by atoms with Crippen LogP contribution in [0.4, 0.5) is 11.4 Å². The molecule has 282 valence electrons. The Kier molecular flexibility index (Phi) is 14.3. The molecule has 0 aromatic heterocycles. The van der Waals surface area contributed by atoms with Gasteiger partial charge in [0, 0.05) is 57.1 Å². The van der Waals surface area contributed by atoms with Gasteiger partial charge in [0.2, 0.25) is 0 Å². The second kappa shape index (κ2) is 20.2. The van der Waals surface area contributed by atoms with E-state index < -0.39 is 5.97 Å². The number of aliphatic imine (C=N–C) groups is 2. The van der Waals surface area contributed by atoms with Crippen LogP contribution >= 0.6 is 23.5 Å². The van der Waals surface area contributed by atoms with E-state index in [0.29, 0.717) is 37.8 Å². The molecule has 0 atom stereocenters. The van der Waals surface area contributed by atoms with Gasteiger partial charge in [-0.3, -0.25) is 14.8 Å². The summed E-state index contributed by atoms with van der Waals surface area (Å²) in [6.45, 7) is 5.84. The number of morpholine rings is 1. The number of carbonyl (C=O) groups excluding carboxylic acids is 2. The first-order valence-electron chi connectivity index (χ1n) is 17.5. The van der Waals surface area contributed by atoms with Crippen molar-refractivity contribution in [2.24, 2.45) is 9.98 Å². The van der Waals surface area contributed by atoms with Gasteiger partial charge >= 0.3 is 5.97 Å². The van der Waals surface area contributed by atoms with Crippen LogP contribution in [0, 0.1) is 0 Å². The van der Waals surface area contributed by atoms with Crippen LogP contribution < -0.4 is 30.7 Å². The lowest BCUT2D eigenvalue weighted by atomic mass is 10.3. The fraction of sp³-hybridized carbons (Fsp3) is 0.282. The van der Waals surface area contributed by atoms with Crippen molar-refractivity contribution in [1.82, 2.24) is 15.5 Å². The molecule has 4 aromatic rings. The lowest BCUT2D eigenvalue weighted by molar-refractivity contribution is -0.143. The highest BCUT2D eigenvalue weighted by atomic mass is 32.2. The zero-order valence-corrected chi connectivity index (χ0v) is 31.5. The highest BCUT2D eigenvalue weighted by Crippen LogP contribution is 2.31. The third-order valence-electron chi connectivity index (χ3n) is 8.01. The van der Waals surface area contributed by atoms with E-state index in [0.717, 1.165) is 69.1 Å². The van der Waals surface area contributed by atoms with Gasteiger partial charge in [0.05, 0.1) is 33.4 Å². The number of esters is 1. The van der Waals surface area contributed by atoms with Gasteiger partial charge < -0.3 is 45.1 Å². The van der Waals surface area contributed by atoms with E-state index >= 15 is 0 Å². The first kappa shape index (κ1) is 38.3. The van der Waals surface area contributed by atoms with Crippen molar-refractivity contribution in [2.75, 3.05) is 83.4 Å². The summed E-state index contributed by atoms with van der Waals surface area (Å²) in [5, 5.41) is 12.9. The van der Waals surface area contributed by atoms with E-state index in [1.54, 1.807) is 28.4 Å². The van der Waals surface area contributed by atoms with Crippen molar-refractivity contribution >= 4 is 58.7 Å². The van der Waals surface area contributed by atoms with Gasteiger partial charge in [-0.2, -0.15) is 0 Å². The Bertz CT molecular complexity index is 1870. The Balaban J connectivity index is 0.000000186. The summed E-state index contributed by atoms with van der Waals surface area (Å²) in [6.07, 6.45) is 0. The summed E-state index contributed by atoms with van der Waals surface area (Å²) < 4.78 is 20.8. The molecule has 0 radical (unpaired) electrons. The minimum absolute atomic E-state index is 0.000724. The Morgan fingerprint density at radius 2 is 1.09 bits per heavy atom. The Labute approximate surface area is 323 Å². The van der Waals surface area contributed by atoms with Gasteiger partial charge in [0.25, 0.3) is 5.91 Å². The number of hydrogen-bond acceptors (Lipinski definition) is 14. The van der Waals surface area contributed by atoms with Crippen LogP contribution in [0.2, 0.25) is 0 Å². The fourth-order valence-corrected chi connectivity index (χ4v) is 6.81. The zero-order chi connectivity index (χ0) is 37.4. The standard InChI is InChI=1S/C21H24N4O3S.C18H19N3O3S/c26-20(25-11-13-27-14-12-25)15-28-17-3-7-19(8-4-17)29-18-5-1-16(2-6-18)24-21-22-9-10-23-21;1-23-17(22)12-24-14-4-8-16(9-5-14)25-15-6-2-13(3-7-15)21-18-19-10-11-20-18/h1-8H,9-15H2,(H2,22,23,24);2-9H,10-12H2,1H3,(H2,19,20,21). The van der Waals surface area contributed by atoms with Crippen molar-refractivity contribution in [3.05, 3.63) is 97.1 Å². The van der Waals surface area contributed by atoms with Crippen molar-refractivity contribution in [3.8, 4) is 11.5 Å². The molecule has 0 bridgehead atoms. The number of rotatable bonds is 12. The molecule has 4 aromatic carbocycles. The number of nitrogens with one attached hydrogen (secondary N) is 4. The van der Waals surface area contributed by atoms with E-state index in [2.05, 4.69) is 60.3 Å². The lowest BCUT2D eigenvalue weighted by Gasteiger charge is -2.26. The van der Waals surface area contributed by atoms with Crippen LogP contribution in [0.15, 0.2) is 127 Å². The molecule has 3 aliphatic rings. The van der Waals surface area contributed by atoms with E-state index in [1.165, 1.54) is 7.11 Å². The molecule has 54 heavy (non-hydrogen) atoms. The number of amides is 1. The largest absolute Gasteiger partial charge is 0.484 e. The third-order valence-corrected chi connectivity index (χ3v) is 10.0. The van der Waals surface area contributed by atoms with Gasteiger partial charge in [-0.1, -0.05) is 23.5 Å². The van der Waals surface area contributed by atoms with Gasteiger partial charge in [0.1, 0.15) is 11.5 Å². The number of guanidine groups is 2. The van der Waals surface area contributed by atoms with Crippen LogP contribution in [0.1, 0.15) is 0 Å². The number of nitrogens with zero attached hydrogens (tertiary/aromatic N) is 3. The summed E-state index contributed by atoms with van der Waals surface area (Å²) in [5.74, 6) is 2.58. The van der Waals surface area contributed by atoms with E-state index in [1.807, 2.05) is 72.8 Å². The number of hydrogen-bond donors (Lipinski definition) is 4. The highest BCUT2D eigenvalue weighted by molar-refractivity contribution is 7.99. The lowest BCUT2D eigenvalue weighted by Crippen LogP contribution is -2.42. The van der Waals surface area contributed by atoms with Crippen LogP contribution in [-0.4, -0.2) is 102 Å². The molecular weight excluding hydrogens is 727 g/mol. The first-order valence-corrected chi connectivity index (χ1v) is 19.2. The molecule has 4 N–H and O–H groups in total. The number of carbonyl (C=O) groups is 2. The SMILES string of the molecule is COC(=O)COc1ccc(Sc2ccc(NC3=NCCN3)cc2)cc1.O=C(COc1ccc(Sc2ccc(NC3=NCCN3)cc2)cc1)N1CCOCC1. The second-order valence-electron chi connectivity index (χ2n) is 11.9. The Morgan fingerprint density at radius 1 is 0.667 bits per heavy atom. The van der Waals surface area contributed by atoms with Crippen molar-refractivity contribution < 1.29 is 28.5 Å². The maximum absolute atomic E-state index is 12.1. The predicted molar refractivity (Wildman–Crippen MR) is 212 cm³/mol. The topological polar surface area (TPSA) is 147 Å². The second-order valence-corrected chi connectivity index (χ2v) is 14.2. The molecule has 3 aliphatic heterocycles. The summed E-state index contributed by atoms with van der Waals surface area (Å²) in [6, 6.07) is 31.8. The van der Waals surface area contributed by atoms with Gasteiger partial charge in [-0.15, -0.1) is 0 Å². The number of anilines is 2. The van der Waals surface area contributed by atoms with Crippen LogP contribution in [0.5, 0.6) is 11.5 Å². The van der Waals surface area contributed by atoms with Gasteiger partial charge in [-0.25, -0.2) is 4.79 Å². The summed E-state index contributed by atoms with van der Waals surface area (Å²) >= 11 is 3.33. The molecule has 7 rings (SSSR count). The van der Waals surface area contributed by atoms with Crippen molar-refractivity contribution in [2.45, 2.75) is 19.6 Å². The summed E-state index contributed by atoms with van der Waals surface area (Å²) in [5.41, 5.74) is 2.01. The number of methoxy groups -OCH3 is 1. The molecule has 0 spiro atoms. The Morgan fingerprint density at radius 3 is 1.50 bits per heavy atom. The van der Waals surface area contributed by atoms with E-state index in [9.17, 15) is 9.59 Å². The molecule has 1 amide bonds. The van der Waals surface area contributed by atoms with Gasteiger partial charge in [0.15, 0.2) is 25.1 Å². The average Bonchev–Trinajstić information content (AvgIpc) is 3.94. The number of ether oxygens (including phenoxy) is 4. The minimum Gasteiger partial charge on any atom is -0.484 e. The molecule has 1 saturated heterocycles. The predicted octanol–water partition coefficient (Wildman–Crippen LogP) is 5.21. The molecule has 13 nitrogen and oxygen atoms in total. The molecule has 0 unspecified atom stereocenters. The zero-order valence-electron chi connectivity index (χ0n) is 29.9. The number of benzene rings is 4. The van der Waals surface area contributed by atoms with Crippen LogP contribution in [0.3, 0.4) is 0 Å². The molecular formula is C39H43N7O6S2. The maximum Gasteiger partial charge on any atom is 0.343 e. The molecule has 3 heterocycles. The average molecular weight is 770 g/mol.